The van der Waals surface area contributed by atoms with Crippen LogP contribution in [0.4, 0.5) is 4.79 Å². The number of carboxylic acid groups (broad SMARTS) is 2. The molecule has 0 radical (unpaired) electrons. The van der Waals surface area contributed by atoms with Gasteiger partial charge in [-0.25, -0.2) is 4.79 Å². The van der Waals surface area contributed by atoms with E-state index in [2.05, 4.69) is 0 Å². The van der Waals surface area contributed by atoms with E-state index in [0.29, 0.717) is 0 Å². The fourth-order valence-corrected chi connectivity index (χ4v) is 0. The Morgan fingerprint density at radius 1 is 0.636 bits per heavy atom. The molecule has 0 unspecified atom stereocenters. The second kappa shape index (κ2) is 43.0. The predicted octanol–water partition coefficient (Wildman–Crippen LogP) is -6.19. The van der Waals surface area contributed by atoms with E-state index in [1.165, 1.54) is 0 Å². The molecule has 3 nitrogen and oxygen atoms in total. The van der Waals surface area contributed by atoms with Gasteiger partial charge in [0.05, 0.1) is 0 Å². The van der Waals surface area contributed by atoms with Crippen LogP contribution in [0.25, 0.3) is 0 Å². The second-order valence-electron chi connectivity index (χ2n) is 0.283. The minimum absolute atomic E-state index is 0. The summed E-state index contributed by atoms with van der Waals surface area (Å²) in [5.74, 6) is 0. The van der Waals surface area contributed by atoms with Gasteiger partial charge in [-0.2, -0.15) is 0 Å². The Morgan fingerprint density at radius 2 is 0.636 bits per heavy atom. The molecule has 11 heavy (non-hydrogen) atoms. The van der Waals surface area contributed by atoms with Crippen LogP contribution in [0.5, 0.6) is 0 Å². The van der Waals surface area contributed by atoms with Crippen LogP contribution in [0.15, 0.2) is 0 Å². The fraction of sp³-hybridized carbons (Fsp3) is 0. The minimum atomic E-state index is -1.83. The molecule has 0 aliphatic rings. The molecule has 0 saturated carbocycles. The Labute approximate surface area is 275 Å². The van der Waals surface area contributed by atoms with Crippen LogP contribution >= 0.6 is 0 Å². The summed E-state index contributed by atoms with van der Waals surface area (Å²) in [5.41, 5.74) is 0. The maximum absolute atomic E-state index is 8.56. The molecule has 0 aliphatic carbocycles. The van der Waals surface area contributed by atoms with Gasteiger partial charge in [0.2, 0.25) is 0 Å². The first kappa shape index (κ1) is 50.8. The third-order valence-corrected chi connectivity index (χ3v) is 0. The first-order valence-corrected chi connectivity index (χ1v) is 0.651. The topological polar surface area (TPSA) is 57.5 Å². The molecule has 0 bridgehead atoms. The van der Waals surface area contributed by atoms with Crippen molar-refractivity contribution in [1.82, 2.24) is 0 Å². The van der Waals surface area contributed by atoms with Crippen molar-refractivity contribution in [2.45, 2.75) is 0 Å². The Balaban J connectivity index is -0.00000000214. The van der Waals surface area contributed by atoms with Crippen molar-refractivity contribution in [3.63, 3.8) is 0 Å². The van der Waals surface area contributed by atoms with Gasteiger partial charge in [0, 0.05) is 0 Å². The zero-order valence-electron chi connectivity index (χ0n) is 1.80. The molecule has 52 valence electrons. The molecular formula is CH16Ca7O3. The molecule has 10 heteroatoms. The van der Waals surface area contributed by atoms with Crippen molar-refractivity contribution < 1.29 is 15.0 Å². The normalized spacial score (nSPS) is 2.18. The van der Waals surface area contributed by atoms with Crippen LogP contribution in [-0.4, -0.2) is 281 Å². The predicted molar refractivity (Wildman–Crippen MR) is 70.5 cm³/mol. The Bertz CT molecular complexity index is 36.7. The van der Waals surface area contributed by atoms with Gasteiger partial charge < -0.3 is 10.2 Å². The van der Waals surface area contributed by atoms with Crippen molar-refractivity contribution in [3.8, 4) is 0 Å². The van der Waals surface area contributed by atoms with Crippen molar-refractivity contribution in [2.24, 2.45) is 0 Å². The zero-order chi connectivity index (χ0) is 3.58. The van der Waals surface area contributed by atoms with E-state index in [0.717, 1.165) is 0 Å². The first-order valence-electron chi connectivity index (χ1n) is 0.651. The number of rotatable bonds is 0. The van der Waals surface area contributed by atoms with E-state index in [4.69, 9.17) is 15.0 Å². The van der Waals surface area contributed by atoms with E-state index >= 15 is 0 Å². The Morgan fingerprint density at radius 3 is 0.636 bits per heavy atom. The molecule has 0 saturated heterocycles. The molecule has 2 N–H and O–H groups in total. The molecule has 0 rings (SSSR count). The van der Waals surface area contributed by atoms with Gasteiger partial charge in [0.1, 0.15) is 0 Å². The molecule has 0 aliphatic heterocycles. The third kappa shape index (κ3) is 71.6. The van der Waals surface area contributed by atoms with Crippen LogP contribution < -0.4 is 0 Å². The summed E-state index contributed by atoms with van der Waals surface area (Å²) in [6, 6.07) is 0. The van der Waals surface area contributed by atoms with Gasteiger partial charge in [-0.3, -0.25) is 0 Å². The van der Waals surface area contributed by atoms with Crippen molar-refractivity contribution in [2.75, 3.05) is 0 Å². The van der Waals surface area contributed by atoms with E-state index in [9.17, 15) is 0 Å². The van der Waals surface area contributed by atoms with E-state index in [1.807, 2.05) is 0 Å². The SMILES string of the molecule is O=C(O)O.[CaH2].[CaH2].[CaH2].[CaH2].[CaH2].[CaH2].[CaH2]. The summed E-state index contributed by atoms with van der Waals surface area (Å²) >= 11 is 0. The Hall–Kier alpha value is 8.09. The van der Waals surface area contributed by atoms with Gasteiger partial charge in [-0.1, -0.05) is 0 Å². The molecule has 0 spiro atoms. The first-order chi connectivity index (χ1) is 1.73. The number of carbonyl (C=O) groups is 1. The quantitative estimate of drug-likeness (QED) is 0.425. The summed E-state index contributed by atoms with van der Waals surface area (Å²) in [4.78, 5) is 8.56. The Kier molecular flexibility index (Phi) is 198. The second-order valence-corrected chi connectivity index (χ2v) is 0.283. The summed E-state index contributed by atoms with van der Waals surface area (Å²) in [6.07, 6.45) is -1.83. The summed E-state index contributed by atoms with van der Waals surface area (Å²) in [6.45, 7) is 0. The molecule has 0 aromatic carbocycles. The molecule has 0 atom stereocenters. The van der Waals surface area contributed by atoms with Crippen molar-refractivity contribution >= 4 is 270 Å². The van der Waals surface area contributed by atoms with Crippen LogP contribution in [0.1, 0.15) is 0 Å². The third-order valence-electron chi connectivity index (χ3n) is 0. The van der Waals surface area contributed by atoms with Crippen molar-refractivity contribution in [1.29, 1.82) is 0 Å². The zero-order valence-corrected chi connectivity index (χ0v) is 1.80. The van der Waals surface area contributed by atoms with Crippen LogP contribution in [0.2, 0.25) is 0 Å². The van der Waals surface area contributed by atoms with Gasteiger partial charge in [0.15, 0.2) is 0 Å². The number of hydrogen-bond donors (Lipinski definition) is 2. The van der Waals surface area contributed by atoms with Gasteiger partial charge in [-0.15, -0.1) is 0 Å². The van der Waals surface area contributed by atoms with E-state index in [-0.39, 0.29) is 264 Å². The van der Waals surface area contributed by atoms with Crippen molar-refractivity contribution in [3.05, 3.63) is 0 Å². The molecule has 0 heterocycles. The monoisotopic (exact) mass is 356 g/mol. The van der Waals surface area contributed by atoms with Crippen LogP contribution in [0, 0.1) is 0 Å². The average molecular weight is 357 g/mol. The number of hydrogen-bond acceptors (Lipinski definition) is 1. The average Bonchev–Trinajstić information content (AvgIpc) is 0.811. The molecule has 0 fully saturated rings. The van der Waals surface area contributed by atoms with Gasteiger partial charge in [-0.05, 0) is 0 Å². The molecule has 0 aromatic rings. The van der Waals surface area contributed by atoms with Gasteiger partial charge >= 0.3 is 270 Å². The maximum atomic E-state index is 8.56. The summed E-state index contributed by atoms with van der Waals surface area (Å²) in [5, 5.41) is 13.9. The van der Waals surface area contributed by atoms with E-state index < -0.39 is 6.16 Å². The van der Waals surface area contributed by atoms with Crippen LogP contribution in [-0.2, 0) is 0 Å². The van der Waals surface area contributed by atoms with Gasteiger partial charge in [0.25, 0.3) is 0 Å². The summed E-state index contributed by atoms with van der Waals surface area (Å²) < 4.78 is 0. The summed E-state index contributed by atoms with van der Waals surface area (Å²) in [7, 11) is 0. The molecule has 0 amide bonds. The standard InChI is InChI=1S/CH2O3.7Ca.14H/c2-1(3)4;;;;;;;;;;;;;;;;;;;;;/h(H2,2,3,4);;;;;;;;;;;;;;;;;;;;;. The fourth-order valence-electron chi connectivity index (χ4n) is 0. The van der Waals surface area contributed by atoms with Crippen LogP contribution in [0.3, 0.4) is 0 Å². The molecular weight excluding hydrogens is 341 g/mol. The molecule has 0 aromatic heterocycles. The van der Waals surface area contributed by atoms with E-state index in [1.54, 1.807) is 0 Å².